The van der Waals surface area contributed by atoms with E-state index in [2.05, 4.69) is 5.16 Å². The van der Waals surface area contributed by atoms with E-state index in [9.17, 15) is 0 Å². The summed E-state index contributed by atoms with van der Waals surface area (Å²) in [6, 6.07) is 1.73. The molecule has 3 heteroatoms. The lowest BCUT2D eigenvalue weighted by molar-refractivity contribution is 0.321. The fraction of sp³-hybridized carbons (Fsp3) is 0.167. The van der Waals surface area contributed by atoms with Gasteiger partial charge in [0.25, 0.3) is 0 Å². The van der Waals surface area contributed by atoms with Gasteiger partial charge in [-0.15, -0.1) is 0 Å². The van der Waals surface area contributed by atoms with Crippen LogP contribution in [0.5, 0.6) is 0 Å². The van der Waals surface area contributed by atoms with Gasteiger partial charge in [-0.05, 0) is 13.0 Å². The van der Waals surface area contributed by atoms with Crippen molar-refractivity contribution in [1.82, 2.24) is 0 Å². The molecule has 0 aliphatic heterocycles. The number of hydrogen-bond acceptors (Lipinski definition) is 3. The minimum atomic E-state index is 0.757. The van der Waals surface area contributed by atoms with E-state index in [1.54, 1.807) is 19.3 Å². The Bertz CT molecular complexity index is 215. The number of nitrogens with zero attached hydrogens (tertiary/aromatic N) is 1. The quantitative estimate of drug-likeness (QED) is 0.350. The molecule has 0 aliphatic rings. The van der Waals surface area contributed by atoms with E-state index in [1.165, 1.54) is 6.21 Å². The van der Waals surface area contributed by atoms with E-state index in [0.29, 0.717) is 0 Å². The van der Waals surface area contributed by atoms with E-state index in [1.807, 2.05) is 0 Å². The average molecular weight is 125 g/mol. The summed E-state index contributed by atoms with van der Waals surface area (Å²) >= 11 is 0. The fourth-order valence-electron chi connectivity index (χ4n) is 0.591. The highest BCUT2D eigenvalue weighted by atomic mass is 16.4. The van der Waals surface area contributed by atoms with E-state index < -0.39 is 0 Å². The molecule has 3 nitrogen and oxygen atoms in total. The summed E-state index contributed by atoms with van der Waals surface area (Å²) in [4.78, 5) is 0. The maximum absolute atomic E-state index is 8.09. The Labute approximate surface area is 52.6 Å². The first-order valence-electron chi connectivity index (χ1n) is 2.56. The second kappa shape index (κ2) is 2.35. The fourth-order valence-corrected chi connectivity index (χ4v) is 0.591. The highest BCUT2D eigenvalue weighted by molar-refractivity contribution is 5.79. The molecule has 1 aromatic heterocycles. The summed E-state index contributed by atoms with van der Waals surface area (Å²) in [7, 11) is 0. The molecule has 0 saturated heterocycles. The van der Waals surface area contributed by atoms with Crippen molar-refractivity contribution in [2.75, 3.05) is 0 Å². The largest absolute Gasteiger partial charge is 0.469 e. The molecule has 1 N–H and O–H groups in total. The molecule has 0 saturated carbocycles. The third kappa shape index (κ3) is 1.10. The molecule has 0 amide bonds. The van der Waals surface area contributed by atoms with Crippen LogP contribution in [0.1, 0.15) is 11.3 Å². The molecule has 1 rings (SSSR count). The normalized spacial score (nSPS) is 10.8. The first-order valence-corrected chi connectivity index (χ1v) is 2.56. The van der Waals surface area contributed by atoms with E-state index in [4.69, 9.17) is 9.62 Å². The maximum Gasteiger partial charge on any atom is 0.109 e. The van der Waals surface area contributed by atoms with Crippen molar-refractivity contribution < 1.29 is 9.62 Å². The number of furan rings is 1. The van der Waals surface area contributed by atoms with Gasteiger partial charge in [0.05, 0.1) is 12.5 Å². The van der Waals surface area contributed by atoms with Crippen molar-refractivity contribution in [3.05, 3.63) is 23.7 Å². The van der Waals surface area contributed by atoms with Crippen LogP contribution in [0.2, 0.25) is 0 Å². The van der Waals surface area contributed by atoms with Crippen molar-refractivity contribution in [3.63, 3.8) is 0 Å². The molecule has 0 radical (unpaired) electrons. The van der Waals surface area contributed by atoms with Crippen LogP contribution in [0.15, 0.2) is 21.9 Å². The zero-order valence-electron chi connectivity index (χ0n) is 5.03. The van der Waals surface area contributed by atoms with Crippen LogP contribution in [0, 0.1) is 6.92 Å². The Kier molecular flexibility index (Phi) is 1.53. The van der Waals surface area contributed by atoms with E-state index >= 15 is 0 Å². The minimum Gasteiger partial charge on any atom is -0.469 e. The number of aryl methyl sites for hydroxylation is 1. The Morgan fingerprint density at radius 3 is 3.00 bits per heavy atom. The van der Waals surface area contributed by atoms with Gasteiger partial charge in [0.1, 0.15) is 5.76 Å². The predicted molar refractivity (Wildman–Crippen MR) is 32.8 cm³/mol. The van der Waals surface area contributed by atoms with Crippen molar-refractivity contribution in [3.8, 4) is 0 Å². The molecule has 9 heavy (non-hydrogen) atoms. The van der Waals surface area contributed by atoms with Crippen LogP contribution < -0.4 is 0 Å². The van der Waals surface area contributed by atoms with Crippen LogP contribution in [-0.4, -0.2) is 11.4 Å². The lowest BCUT2D eigenvalue weighted by Gasteiger charge is -1.82. The monoisotopic (exact) mass is 125 g/mol. The second-order valence-electron chi connectivity index (χ2n) is 1.68. The summed E-state index contributed by atoms with van der Waals surface area (Å²) in [6.07, 6.45) is 2.88. The first-order chi connectivity index (χ1) is 4.34. The molecular weight excluding hydrogens is 118 g/mol. The molecule has 0 spiro atoms. The van der Waals surface area contributed by atoms with E-state index in [0.717, 1.165) is 11.3 Å². The molecular formula is C6H7NO2. The van der Waals surface area contributed by atoms with Gasteiger partial charge in [-0.3, -0.25) is 0 Å². The Morgan fingerprint density at radius 1 is 1.78 bits per heavy atom. The van der Waals surface area contributed by atoms with Crippen LogP contribution in [-0.2, 0) is 0 Å². The third-order valence-corrected chi connectivity index (χ3v) is 1.10. The SMILES string of the molecule is Cc1occc1C=NO. The molecule has 1 aromatic rings. The molecule has 48 valence electrons. The topological polar surface area (TPSA) is 45.7 Å². The third-order valence-electron chi connectivity index (χ3n) is 1.10. The van der Waals surface area contributed by atoms with Crippen molar-refractivity contribution in [2.24, 2.45) is 5.16 Å². The van der Waals surface area contributed by atoms with Gasteiger partial charge in [0.2, 0.25) is 0 Å². The summed E-state index contributed by atoms with van der Waals surface area (Å²) in [5.74, 6) is 0.757. The van der Waals surface area contributed by atoms with Gasteiger partial charge in [-0.25, -0.2) is 0 Å². The van der Waals surface area contributed by atoms with Crippen LogP contribution in [0.3, 0.4) is 0 Å². The molecule has 0 atom stereocenters. The summed E-state index contributed by atoms with van der Waals surface area (Å²) in [6.45, 7) is 1.80. The Balaban J connectivity index is 2.94. The summed E-state index contributed by atoms with van der Waals surface area (Å²) < 4.78 is 4.91. The van der Waals surface area contributed by atoms with Crippen molar-refractivity contribution >= 4 is 6.21 Å². The molecule has 0 aliphatic carbocycles. The van der Waals surface area contributed by atoms with E-state index in [-0.39, 0.29) is 0 Å². The van der Waals surface area contributed by atoms with Gasteiger partial charge in [0.15, 0.2) is 0 Å². The highest BCUT2D eigenvalue weighted by Crippen LogP contribution is 2.04. The first kappa shape index (κ1) is 5.88. The molecule has 0 aromatic carbocycles. The van der Waals surface area contributed by atoms with Crippen molar-refractivity contribution in [2.45, 2.75) is 6.92 Å². The number of hydrogen-bond donors (Lipinski definition) is 1. The Morgan fingerprint density at radius 2 is 2.56 bits per heavy atom. The summed E-state index contributed by atoms with van der Waals surface area (Å²) in [5, 5.41) is 10.9. The van der Waals surface area contributed by atoms with Crippen LogP contribution >= 0.6 is 0 Å². The lowest BCUT2D eigenvalue weighted by Crippen LogP contribution is -1.77. The predicted octanol–water partition coefficient (Wildman–Crippen LogP) is 1.40. The standard InChI is InChI=1S/C6H7NO2/c1-5-6(4-7-8)2-3-9-5/h2-4,8H,1H3. The van der Waals surface area contributed by atoms with Crippen molar-refractivity contribution in [1.29, 1.82) is 0 Å². The average Bonchev–Trinajstić information content (AvgIpc) is 2.18. The zero-order chi connectivity index (χ0) is 6.69. The van der Waals surface area contributed by atoms with Crippen LogP contribution in [0.4, 0.5) is 0 Å². The second-order valence-corrected chi connectivity index (χ2v) is 1.68. The van der Waals surface area contributed by atoms with Crippen LogP contribution in [0.25, 0.3) is 0 Å². The number of rotatable bonds is 1. The van der Waals surface area contributed by atoms with Gasteiger partial charge in [-0.2, -0.15) is 0 Å². The highest BCUT2D eigenvalue weighted by Gasteiger charge is 1.94. The molecule has 0 unspecified atom stereocenters. The molecule has 0 fully saturated rings. The number of oxime groups is 1. The van der Waals surface area contributed by atoms with Gasteiger partial charge in [0, 0.05) is 5.56 Å². The Hall–Kier alpha value is -1.25. The smallest absolute Gasteiger partial charge is 0.109 e. The van der Waals surface area contributed by atoms with Gasteiger partial charge in [-0.1, -0.05) is 5.16 Å². The maximum atomic E-state index is 8.09. The summed E-state index contributed by atoms with van der Waals surface area (Å²) in [5.41, 5.74) is 0.803. The minimum absolute atomic E-state index is 0.757. The molecule has 1 heterocycles. The lowest BCUT2D eigenvalue weighted by atomic mass is 10.3. The zero-order valence-corrected chi connectivity index (χ0v) is 5.03. The van der Waals surface area contributed by atoms with Gasteiger partial charge >= 0.3 is 0 Å². The molecule has 0 bridgehead atoms. The van der Waals surface area contributed by atoms with Gasteiger partial charge < -0.3 is 9.62 Å².